The Balaban J connectivity index is 1.45. The normalized spacial score (nSPS) is 17.2. The third-order valence-corrected chi connectivity index (χ3v) is 4.97. The van der Waals surface area contributed by atoms with E-state index in [9.17, 15) is 4.79 Å². The Morgan fingerprint density at radius 1 is 1.31 bits per heavy atom. The van der Waals surface area contributed by atoms with Gasteiger partial charge in [0.2, 0.25) is 0 Å². The molecule has 1 aliphatic heterocycles. The lowest BCUT2D eigenvalue weighted by Crippen LogP contribution is -2.34. The lowest BCUT2D eigenvalue weighted by atomic mass is 9.93. The summed E-state index contributed by atoms with van der Waals surface area (Å²) in [4.78, 5) is 13.3. The van der Waals surface area contributed by atoms with E-state index in [2.05, 4.69) is 15.1 Å². The summed E-state index contributed by atoms with van der Waals surface area (Å²) in [6, 6.07) is 7.70. The Labute approximate surface area is 153 Å². The van der Waals surface area contributed by atoms with Gasteiger partial charge in [-0.15, -0.1) is 10.2 Å². The second-order valence-corrected chi connectivity index (χ2v) is 7.02. The molecule has 0 bridgehead atoms. The second-order valence-electron chi connectivity index (χ2n) is 7.02. The van der Waals surface area contributed by atoms with Crippen LogP contribution in [0.3, 0.4) is 0 Å². The molecule has 1 unspecified atom stereocenters. The minimum Gasteiger partial charge on any atom is -0.479 e. The Kier molecular flexibility index (Phi) is 5.88. The molecule has 0 amide bonds. The zero-order valence-corrected chi connectivity index (χ0v) is 15.3. The third-order valence-electron chi connectivity index (χ3n) is 4.97. The fourth-order valence-electron chi connectivity index (χ4n) is 3.28. The van der Waals surface area contributed by atoms with E-state index in [1.54, 1.807) is 6.33 Å². The molecule has 0 aliphatic carbocycles. The number of carboxylic acid groups (broad SMARTS) is 1. The summed E-state index contributed by atoms with van der Waals surface area (Å²) in [6.07, 6.45) is 4.26. The first-order valence-electron chi connectivity index (χ1n) is 9.05. The van der Waals surface area contributed by atoms with Crippen LogP contribution in [0.5, 0.6) is 5.75 Å². The number of carboxylic acids is 1. The van der Waals surface area contributed by atoms with Crippen LogP contribution in [0.1, 0.15) is 31.2 Å². The van der Waals surface area contributed by atoms with Crippen LogP contribution in [0.2, 0.25) is 0 Å². The molecular weight excluding hydrogens is 332 g/mol. The average Bonchev–Trinajstić information content (AvgIpc) is 3.03. The van der Waals surface area contributed by atoms with Crippen molar-refractivity contribution in [3.63, 3.8) is 0 Å². The highest BCUT2D eigenvalue weighted by molar-refractivity contribution is 5.72. The summed E-state index contributed by atoms with van der Waals surface area (Å²) >= 11 is 0. The molecule has 26 heavy (non-hydrogen) atoms. The van der Waals surface area contributed by atoms with Crippen LogP contribution in [-0.4, -0.2) is 49.9 Å². The highest BCUT2D eigenvalue weighted by Gasteiger charge is 2.21. The van der Waals surface area contributed by atoms with Gasteiger partial charge in [-0.25, -0.2) is 4.79 Å². The summed E-state index contributed by atoms with van der Waals surface area (Å²) in [7, 11) is 2.00. The van der Waals surface area contributed by atoms with Gasteiger partial charge in [-0.05, 0) is 56.5 Å². The molecule has 0 saturated carbocycles. The Bertz CT molecular complexity index is 721. The van der Waals surface area contributed by atoms with Crippen LogP contribution in [0.4, 0.5) is 0 Å². The smallest absolute Gasteiger partial charge is 0.344 e. The lowest BCUT2D eigenvalue weighted by molar-refractivity contribution is -0.144. The van der Waals surface area contributed by atoms with Crippen molar-refractivity contribution in [3.05, 3.63) is 42.0 Å². The van der Waals surface area contributed by atoms with Gasteiger partial charge in [-0.2, -0.15) is 0 Å². The van der Waals surface area contributed by atoms with Crippen molar-refractivity contribution in [1.82, 2.24) is 19.7 Å². The van der Waals surface area contributed by atoms with Crippen LogP contribution in [-0.2, 0) is 24.8 Å². The highest BCUT2D eigenvalue weighted by Crippen LogP contribution is 2.23. The number of ether oxygens (including phenoxy) is 1. The minimum absolute atomic E-state index is 0.589. The molecule has 140 valence electrons. The second kappa shape index (κ2) is 8.31. The molecule has 2 heterocycles. The first-order valence-corrected chi connectivity index (χ1v) is 9.05. The minimum atomic E-state index is -0.960. The molecule has 2 aromatic rings. The number of hydrogen-bond donors (Lipinski definition) is 1. The molecule has 7 heteroatoms. The maximum Gasteiger partial charge on any atom is 0.344 e. The van der Waals surface area contributed by atoms with Crippen LogP contribution in [0.15, 0.2) is 30.6 Å². The number of aryl methyl sites for hydroxylation is 1. The maximum absolute atomic E-state index is 10.8. The van der Waals surface area contributed by atoms with Gasteiger partial charge >= 0.3 is 5.97 Å². The number of hydrogen-bond acceptors (Lipinski definition) is 5. The number of likely N-dealkylation sites (tertiary alicyclic amines) is 1. The van der Waals surface area contributed by atoms with E-state index in [1.807, 2.05) is 35.9 Å². The van der Waals surface area contributed by atoms with Gasteiger partial charge in [0.15, 0.2) is 6.10 Å². The van der Waals surface area contributed by atoms with E-state index in [0.717, 1.165) is 31.9 Å². The van der Waals surface area contributed by atoms with E-state index in [1.165, 1.54) is 25.3 Å². The fraction of sp³-hybridized carbons (Fsp3) is 0.526. The first-order chi connectivity index (χ1) is 12.5. The molecule has 1 atom stereocenters. The van der Waals surface area contributed by atoms with E-state index in [0.29, 0.717) is 11.7 Å². The Morgan fingerprint density at radius 2 is 2.00 bits per heavy atom. The number of nitrogens with zero attached hydrogens (tertiary/aromatic N) is 4. The predicted octanol–water partition coefficient (Wildman–Crippen LogP) is 2.12. The highest BCUT2D eigenvalue weighted by atomic mass is 16.5. The molecule has 1 saturated heterocycles. The molecule has 1 aromatic heterocycles. The topological polar surface area (TPSA) is 80.5 Å². The summed E-state index contributed by atoms with van der Waals surface area (Å²) in [5.74, 6) is 1.36. The summed E-state index contributed by atoms with van der Waals surface area (Å²) in [5.41, 5.74) is 1.21. The largest absolute Gasteiger partial charge is 0.479 e. The van der Waals surface area contributed by atoms with Crippen molar-refractivity contribution in [2.75, 3.05) is 13.1 Å². The predicted molar refractivity (Wildman–Crippen MR) is 96.9 cm³/mol. The zero-order valence-electron chi connectivity index (χ0n) is 15.3. The standard InChI is InChI=1S/C19H26N4O3/c1-14(19(24)25)26-17-5-3-16(4-6-17)12-23-9-7-15(8-10-23)11-18-21-20-13-22(18)2/h3-6,13-15H,7-12H2,1-2H3,(H,24,25). The molecule has 3 rings (SSSR count). The van der Waals surface area contributed by atoms with Gasteiger partial charge in [-0.1, -0.05) is 12.1 Å². The molecule has 1 aromatic carbocycles. The lowest BCUT2D eigenvalue weighted by Gasteiger charge is -2.31. The van der Waals surface area contributed by atoms with Crippen molar-refractivity contribution >= 4 is 5.97 Å². The fourth-order valence-corrected chi connectivity index (χ4v) is 3.28. The molecule has 0 radical (unpaired) electrons. The molecule has 0 spiro atoms. The Hall–Kier alpha value is -2.41. The monoisotopic (exact) mass is 358 g/mol. The number of aromatic nitrogens is 3. The number of piperidine rings is 1. The Morgan fingerprint density at radius 3 is 2.58 bits per heavy atom. The van der Waals surface area contributed by atoms with Gasteiger partial charge in [0.25, 0.3) is 0 Å². The van der Waals surface area contributed by atoms with Crippen molar-refractivity contribution in [3.8, 4) is 5.75 Å². The van der Waals surface area contributed by atoms with Gasteiger partial charge in [0, 0.05) is 20.0 Å². The van der Waals surface area contributed by atoms with E-state index in [4.69, 9.17) is 9.84 Å². The van der Waals surface area contributed by atoms with Crippen molar-refractivity contribution in [1.29, 1.82) is 0 Å². The van der Waals surface area contributed by atoms with Crippen LogP contribution >= 0.6 is 0 Å². The first kappa shape index (κ1) is 18.4. The van der Waals surface area contributed by atoms with E-state index < -0.39 is 12.1 Å². The average molecular weight is 358 g/mol. The van der Waals surface area contributed by atoms with Crippen LogP contribution in [0.25, 0.3) is 0 Å². The van der Waals surface area contributed by atoms with E-state index in [-0.39, 0.29) is 0 Å². The van der Waals surface area contributed by atoms with Gasteiger partial charge in [0.05, 0.1) is 0 Å². The van der Waals surface area contributed by atoms with Gasteiger partial charge in [-0.3, -0.25) is 4.90 Å². The van der Waals surface area contributed by atoms with Crippen LogP contribution in [0, 0.1) is 5.92 Å². The number of aliphatic carboxylic acids is 1. The molecular formula is C19H26N4O3. The molecule has 7 nitrogen and oxygen atoms in total. The number of rotatable bonds is 7. The van der Waals surface area contributed by atoms with Gasteiger partial charge < -0.3 is 14.4 Å². The summed E-state index contributed by atoms with van der Waals surface area (Å²) in [6.45, 7) is 4.60. The van der Waals surface area contributed by atoms with E-state index >= 15 is 0 Å². The summed E-state index contributed by atoms with van der Waals surface area (Å²) < 4.78 is 7.37. The quantitative estimate of drug-likeness (QED) is 0.817. The third kappa shape index (κ3) is 4.82. The SMILES string of the molecule is CC(Oc1ccc(CN2CCC(Cc3nncn3C)CC2)cc1)C(=O)O. The summed E-state index contributed by atoms with van der Waals surface area (Å²) in [5, 5.41) is 17.0. The van der Waals surface area contributed by atoms with Crippen LogP contribution < -0.4 is 4.74 Å². The maximum atomic E-state index is 10.8. The van der Waals surface area contributed by atoms with Crippen molar-refractivity contribution in [2.24, 2.45) is 13.0 Å². The molecule has 1 fully saturated rings. The van der Waals surface area contributed by atoms with Gasteiger partial charge in [0.1, 0.15) is 17.9 Å². The number of carbonyl (C=O) groups is 1. The molecule has 1 N–H and O–H groups in total. The number of benzene rings is 1. The van der Waals surface area contributed by atoms with Crippen molar-refractivity contribution in [2.45, 2.75) is 38.8 Å². The van der Waals surface area contributed by atoms with Crippen molar-refractivity contribution < 1.29 is 14.6 Å². The molecule has 1 aliphatic rings. The zero-order chi connectivity index (χ0) is 18.5.